The lowest BCUT2D eigenvalue weighted by Gasteiger charge is -2.10. The van der Waals surface area contributed by atoms with E-state index in [1.54, 1.807) is 0 Å². The van der Waals surface area contributed by atoms with Crippen LogP contribution in [0.5, 0.6) is 0 Å². The third-order valence-corrected chi connectivity index (χ3v) is 3.66. The molecule has 0 atom stereocenters. The fraction of sp³-hybridized carbons (Fsp3) is 0. The van der Waals surface area contributed by atoms with Gasteiger partial charge in [-0.25, -0.2) is 4.39 Å². The minimum absolute atomic E-state index is 0.139. The number of rotatable bonds is 2. The van der Waals surface area contributed by atoms with Gasteiger partial charge in [-0.3, -0.25) is 4.79 Å². The summed E-state index contributed by atoms with van der Waals surface area (Å²) in [6, 6.07) is 8.76. The van der Waals surface area contributed by atoms with E-state index in [1.165, 1.54) is 24.3 Å². The summed E-state index contributed by atoms with van der Waals surface area (Å²) in [6.45, 7) is 0. The highest BCUT2D eigenvalue weighted by Crippen LogP contribution is 2.26. The quantitative estimate of drug-likeness (QED) is 0.788. The molecule has 4 nitrogen and oxygen atoms in total. The largest absolute Gasteiger partial charge is 0.396 e. The van der Waals surface area contributed by atoms with Crippen LogP contribution in [-0.4, -0.2) is 5.91 Å². The van der Waals surface area contributed by atoms with Gasteiger partial charge in [-0.15, -0.1) is 0 Å². The molecule has 1 amide bonds. The second kappa shape index (κ2) is 6.12. The van der Waals surface area contributed by atoms with Crippen LogP contribution in [0.3, 0.4) is 0 Å². The molecule has 0 bridgehead atoms. The molecule has 0 unspecified atom stereocenters. The van der Waals surface area contributed by atoms with Crippen molar-refractivity contribution in [2.45, 2.75) is 0 Å². The summed E-state index contributed by atoms with van der Waals surface area (Å²) in [6.07, 6.45) is 0. The maximum atomic E-state index is 13.3. The third-order valence-electron chi connectivity index (χ3n) is 2.67. The number of carbonyl (C=O) groups is 1. The molecule has 7 heteroatoms. The first-order valence-electron chi connectivity index (χ1n) is 5.68. The average Bonchev–Trinajstić information content (AvgIpc) is 2.45. The Hall–Kier alpha value is -2.10. The molecular weight excluding hydrogens is 361 g/mol. The maximum absolute atomic E-state index is 13.3. The Bertz CT molecular complexity index is 774. The zero-order valence-electron chi connectivity index (χ0n) is 10.5. The van der Waals surface area contributed by atoms with Crippen molar-refractivity contribution < 1.29 is 9.18 Å². The number of nitriles is 1. The van der Waals surface area contributed by atoms with Gasteiger partial charge in [0.2, 0.25) is 0 Å². The molecule has 0 fully saturated rings. The summed E-state index contributed by atoms with van der Waals surface area (Å²) < 4.78 is 13.5. The van der Waals surface area contributed by atoms with Gasteiger partial charge < -0.3 is 11.1 Å². The molecule has 2 rings (SSSR count). The number of carbonyl (C=O) groups excluding carboxylic acids is 1. The van der Waals surface area contributed by atoms with Crippen LogP contribution >= 0.6 is 27.5 Å². The number of halogens is 3. The molecule has 0 spiro atoms. The Morgan fingerprint density at radius 2 is 2.10 bits per heavy atom. The van der Waals surface area contributed by atoms with Crippen LogP contribution in [0.4, 0.5) is 15.8 Å². The Morgan fingerprint density at radius 1 is 1.38 bits per heavy atom. The molecule has 0 saturated carbocycles. The molecule has 0 aliphatic heterocycles. The first-order valence-corrected chi connectivity index (χ1v) is 6.85. The predicted octanol–water partition coefficient (Wildman–Crippen LogP) is 3.95. The minimum atomic E-state index is -0.622. The van der Waals surface area contributed by atoms with Gasteiger partial charge in [-0.1, -0.05) is 11.6 Å². The molecule has 0 aromatic heterocycles. The number of benzene rings is 2. The summed E-state index contributed by atoms with van der Waals surface area (Å²) in [4.78, 5) is 12.2. The fourth-order valence-electron chi connectivity index (χ4n) is 1.62. The highest BCUT2D eigenvalue weighted by atomic mass is 79.9. The lowest BCUT2D eigenvalue weighted by Crippen LogP contribution is -2.14. The molecular formula is C14H8BrClFN3O. The molecule has 3 N–H and O–H groups in total. The van der Waals surface area contributed by atoms with Crippen molar-refractivity contribution in [3.63, 3.8) is 0 Å². The van der Waals surface area contributed by atoms with E-state index < -0.39 is 11.7 Å². The summed E-state index contributed by atoms with van der Waals surface area (Å²) in [5.41, 5.74) is 6.11. The zero-order chi connectivity index (χ0) is 15.6. The van der Waals surface area contributed by atoms with E-state index in [-0.39, 0.29) is 26.4 Å². The molecule has 21 heavy (non-hydrogen) atoms. The highest BCUT2D eigenvalue weighted by Gasteiger charge is 2.15. The second-order valence-electron chi connectivity index (χ2n) is 4.11. The number of nitrogens with one attached hydrogen (secondary N) is 1. The minimum Gasteiger partial charge on any atom is -0.396 e. The van der Waals surface area contributed by atoms with E-state index in [4.69, 9.17) is 22.6 Å². The third kappa shape index (κ3) is 3.32. The van der Waals surface area contributed by atoms with Crippen molar-refractivity contribution in [3.05, 3.63) is 56.8 Å². The molecule has 0 aliphatic carbocycles. The molecule has 106 valence electrons. The zero-order valence-corrected chi connectivity index (χ0v) is 12.8. The van der Waals surface area contributed by atoms with Crippen molar-refractivity contribution in [1.82, 2.24) is 0 Å². The van der Waals surface area contributed by atoms with E-state index in [0.29, 0.717) is 5.56 Å². The van der Waals surface area contributed by atoms with E-state index in [9.17, 15) is 9.18 Å². The second-order valence-corrected chi connectivity index (χ2v) is 5.38. The SMILES string of the molecule is N#Cc1ccc(Cl)c(NC(=O)c2cc(N)c(F)cc2Br)c1. The first-order chi connectivity index (χ1) is 9.92. The summed E-state index contributed by atoms with van der Waals surface area (Å²) in [5.74, 6) is -1.14. The molecule has 2 aromatic carbocycles. The van der Waals surface area contributed by atoms with Gasteiger partial charge in [0, 0.05) is 4.47 Å². The monoisotopic (exact) mass is 367 g/mol. The molecule has 0 aliphatic rings. The number of nitrogen functional groups attached to an aromatic ring is 1. The van der Waals surface area contributed by atoms with Gasteiger partial charge in [-0.2, -0.15) is 5.26 Å². The van der Waals surface area contributed by atoms with Gasteiger partial charge in [0.1, 0.15) is 5.82 Å². The summed E-state index contributed by atoms with van der Waals surface area (Å²) in [5, 5.41) is 11.7. The van der Waals surface area contributed by atoms with Gasteiger partial charge in [0.25, 0.3) is 5.91 Å². The molecule has 0 radical (unpaired) electrons. The number of anilines is 2. The number of amides is 1. The Labute approximate surface area is 133 Å². The summed E-state index contributed by atoms with van der Waals surface area (Å²) in [7, 11) is 0. The van der Waals surface area contributed by atoms with Crippen molar-refractivity contribution in [2.24, 2.45) is 0 Å². The van der Waals surface area contributed by atoms with Gasteiger partial charge in [-0.05, 0) is 46.3 Å². The Morgan fingerprint density at radius 3 is 2.76 bits per heavy atom. The Balaban J connectivity index is 2.35. The van der Waals surface area contributed by atoms with Crippen LogP contribution in [0, 0.1) is 17.1 Å². The topological polar surface area (TPSA) is 78.9 Å². The standard InChI is InChI=1S/C14H8BrClFN3O/c15-9-5-11(17)12(19)4-8(9)14(21)20-13-3-7(6-18)1-2-10(13)16/h1-5H,19H2,(H,20,21). The normalized spacial score (nSPS) is 10.0. The van der Waals surface area contributed by atoms with E-state index in [1.807, 2.05) is 6.07 Å². The van der Waals surface area contributed by atoms with Crippen LogP contribution in [0.2, 0.25) is 5.02 Å². The van der Waals surface area contributed by atoms with Crippen LogP contribution < -0.4 is 11.1 Å². The lowest BCUT2D eigenvalue weighted by molar-refractivity contribution is 0.102. The molecule has 0 heterocycles. The highest BCUT2D eigenvalue weighted by molar-refractivity contribution is 9.10. The van der Waals surface area contributed by atoms with Gasteiger partial charge in [0.05, 0.1) is 33.6 Å². The maximum Gasteiger partial charge on any atom is 0.256 e. The molecule has 2 aromatic rings. The van der Waals surface area contributed by atoms with Crippen LogP contribution in [0.25, 0.3) is 0 Å². The van der Waals surface area contributed by atoms with E-state index >= 15 is 0 Å². The van der Waals surface area contributed by atoms with Crippen molar-refractivity contribution in [3.8, 4) is 6.07 Å². The van der Waals surface area contributed by atoms with Crippen LogP contribution in [-0.2, 0) is 0 Å². The van der Waals surface area contributed by atoms with E-state index in [2.05, 4.69) is 21.2 Å². The molecule has 0 saturated heterocycles. The van der Waals surface area contributed by atoms with Gasteiger partial charge >= 0.3 is 0 Å². The van der Waals surface area contributed by atoms with E-state index in [0.717, 1.165) is 6.07 Å². The fourth-order valence-corrected chi connectivity index (χ4v) is 2.28. The smallest absolute Gasteiger partial charge is 0.256 e. The lowest BCUT2D eigenvalue weighted by atomic mass is 10.1. The Kier molecular flexibility index (Phi) is 4.46. The van der Waals surface area contributed by atoms with Gasteiger partial charge in [0.15, 0.2) is 0 Å². The average molecular weight is 369 g/mol. The predicted molar refractivity (Wildman–Crippen MR) is 82.6 cm³/mol. The van der Waals surface area contributed by atoms with Crippen molar-refractivity contribution in [2.75, 3.05) is 11.1 Å². The summed E-state index contributed by atoms with van der Waals surface area (Å²) >= 11 is 9.06. The number of nitrogens with zero attached hydrogens (tertiary/aromatic N) is 1. The number of hydrogen-bond donors (Lipinski definition) is 2. The van der Waals surface area contributed by atoms with Crippen molar-refractivity contribution >= 4 is 44.8 Å². The van der Waals surface area contributed by atoms with Crippen LogP contribution in [0.15, 0.2) is 34.8 Å². The number of hydrogen-bond acceptors (Lipinski definition) is 3. The number of nitrogens with two attached hydrogens (primary N) is 1. The first kappa shape index (κ1) is 15.3. The van der Waals surface area contributed by atoms with Crippen molar-refractivity contribution in [1.29, 1.82) is 5.26 Å². The van der Waals surface area contributed by atoms with Crippen LogP contribution in [0.1, 0.15) is 15.9 Å².